The molecule has 1 unspecified atom stereocenters. The molecule has 196 valence electrons. The molecule has 0 heterocycles. The summed E-state index contributed by atoms with van der Waals surface area (Å²) in [6, 6.07) is 25.6. The van der Waals surface area contributed by atoms with Gasteiger partial charge in [-0.05, 0) is 54.3 Å². The van der Waals surface area contributed by atoms with Crippen LogP contribution in [0, 0.1) is 0 Å². The van der Waals surface area contributed by atoms with Crippen LogP contribution in [0.4, 0.5) is 10.5 Å². The number of carbonyl (C=O) groups is 2. The van der Waals surface area contributed by atoms with E-state index in [1.807, 2.05) is 84.6 Å². The molecule has 2 N–H and O–H groups in total. The quantitative estimate of drug-likeness (QED) is 0.212. The van der Waals surface area contributed by atoms with Crippen LogP contribution >= 0.6 is 11.8 Å². The molecule has 5 nitrogen and oxygen atoms in total. The lowest BCUT2D eigenvalue weighted by Gasteiger charge is -2.24. The molecule has 3 aromatic rings. The number of carboxylic acid groups (broad SMARTS) is 1. The van der Waals surface area contributed by atoms with Crippen molar-refractivity contribution < 1.29 is 14.7 Å². The van der Waals surface area contributed by atoms with Crippen LogP contribution in [0.5, 0.6) is 0 Å². The van der Waals surface area contributed by atoms with Gasteiger partial charge in [-0.15, -0.1) is 0 Å². The Balaban J connectivity index is 1.72. The smallest absolute Gasteiger partial charge is 0.322 e. The molecular weight excluding hydrogens is 480 g/mol. The van der Waals surface area contributed by atoms with Gasteiger partial charge in [0.05, 0.1) is 5.92 Å². The van der Waals surface area contributed by atoms with Crippen molar-refractivity contribution in [1.82, 2.24) is 5.32 Å². The van der Waals surface area contributed by atoms with Gasteiger partial charge in [0.2, 0.25) is 0 Å². The highest BCUT2D eigenvalue weighted by Crippen LogP contribution is 2.32. The number of benzene rings is 3. The number of carbonyl (C=O) groups excluding carboxylic acids is 1. The minimum atomic E-state index is -0.795. The summed E-state index contributed by atoms with van der Waals surface area (Å²) in [7, 11) is 0. The number of rotatable bonds is 14. The average molecular weight is 519 g/mol. The van der Waals surface area contributed by atoms with Crippen molar-refractivity contribution in [2.24, 2.45) is 0 Å². The van der Waals surface area contributed by atoms with Gasteiger partial charge in [-0.25, -0.2) is 4.79 Å². The zero-order valence-corrected chi connectivity index (χ0v) is 22.7. The number of nitrogens with zero attached hydrogens (tertiary/aromatic N) is 1. The Morgan fingerprint density at radius 3 is 2.27 bits per heavy atom. The number of carboxylic acids is 1. The van der Waals surface area contributed by atoms with E-state index < -0.39 is 11.9 Å². The molecule has 37 heavy (non-hydrogen) atoms. The van der Waals surface area contributed by atoms with Crippen LogP contribution in [0.3, 0.4) is 0 Å². The maximum Gasteiger partial charge on any atom is 0.322 e. The number of aliphatic carboxylic acids is 1. The first-order chi connectivity index (χ1) is 18.0. The SMILES string of the molecule is CCCCCCCN(C(=O)NCc1ccccc1)c1cccc(Sc2ccc(C(CC)C(=O)O)cc2)c1. The molecule has 0 aliphatic carbocycles. The van der Waals surface area contributed by atoms with Crippen LogP contribution in [0.25, 0.3) is 0 Å². The first-order valence-electron chi connectivity index (χ1n) is 13.2. The van der Waals surface area contributed by atoms with Crippen LogP contribution in [0.15, 0.2) is 88.7 Å². The highest BCUT2D eigenvalue weighted by atomic mass is 32.2. The van der Waals surface area contributed by atoms with Crippen LogP contribution in [0.1, 0.15) is 69.4 Å². The van der Waals surface area contributed by atoms with E-state index in [2.05, 4.69) is 18.3 Å². The Morgan fingerprint density at radius 2 is 1.59 bits per heavy atom. The maximum absolute atomic E-state index is 13.3. The molecule has 0 radical (unpaired) electrons. The van der Waals surface area contributed by atoms with E-state index in [1.54, 1.807) is 11.8 Å². The Morgan fingerprint density at radius 1 is 0.865 bits per heavy atom. The fourth-order valence-corrected chi connectivity index (χ4v) is 5.13. The van der Waals surface area contributed by atoms with Gasteiger partial charge in [-0.1, -0.05) is 99.8 Å². The van der Waals surface area contributed by atoms with Crippen molar-refractivity contribution in [3.05, 3.63) is 90.0 Å². The number of unbranched alkanes of at least 4 members (excludes halogenated alkanes) is 4. The van der Waals surface area contributed by atoms with Crippen LogP contribution in [0.2, 0.25) is 0 Å². The van der Waals surface area contributed by atoms with Crippen molar-refractivity contribution in [2.45, 2.75) is 74.6 Å². The summed E-state index contributed by atoms with van der Waals surface area (Å²) in [4.78, 5) is 28.6. The first kappa shape index (κ1) is 28.3. The number of amides is 2. The molecule has 6 heteroatoms. The Hall–Kier alpha value is -3.25. The standard InChI is InChI=1S/C31H38N2O3S/c1-3-5-6-7-11-21-33(31(36)32-23-24-13-9-8-10-14-24)26-15-12-16-28(22-26)37-27-19-17-25(18-20-27)29(4-2)30(34)35/h8-10,12-20,22,29H,3-7,11,21,23H2,1-2H3,(H,32,36)(H,34,35). The van der Waals surface area contributed by atoms with Crippen LogP contribution in [-0.4, -0.2) is 23.7 Å². The molecule has 3 aromatic carbocycles. The Bertz CT molecular complexity index is 1120. The maximum atomic E-state index is 13.3. The minimum absolute atomic E-state index is 0.0925. The second kappa shape index (κ2) is 15.1. The molecule has 0 spiro atoms. The Kier molecular flexibility index (Phi) is 11.6. The number of urea groups is 1. The molecule has 2 amide bonds. The highest BCUT2D eigenvalue weighted by Gasteiger charge is 2.18. The molecular formula is C31H38N2O3S. The number of hydrogen-bond acceptors (Lipinski definition) is 3. The van der Waals surface area contributed by atoms with E-state index in [1.165, 1.54) is 19.3 Å². The third kappa shape index (κ3) is 8.97. The monoisotopic (exact) mass is 518 g/mol. The summed E-state index contributed by atoms with van der Waals surface area (Å²) in [5.41, 5.74) is 2.76. The van der Waals surface area contributed by atoms with E-state index in [0.717, 1.165) is 39.4 Å². The highest BCUT2D eigenvalue weighted by molar-refractivity contribution is 7.99. The third-order valence-corrected chi connectivity index (χ3v) is 7.37. The zero-order valence-electron chi connectivity index (χ0n) is 21.9. The van der Waals surface area contributed by atoms with E-state index in [0.29, 0.717) is 19.5 Å². The molecule has 0 saturated carbocycles. The van der Waals surface area contributed by atoms with Gasteiger partial charge in [-0.3, -0.25) is 9.69 Å². The summed E-state index contributed by atoms with van der Waals surface area (Å²) in [5, 5.41) is 12.5. The fraction of sp³-hybridized carbons (Fsp3) is 0.355. The number of nitrogens with one attached hydrogen (secondary N) is 1. The number of hydrogen-bond donors (Lipinski definition) is 2. The summed E-state index contributed by atoms with van der Waals surface area (Å²) >= 11 is 1.61. The Labute approximate surface area is 225 Å². The molecule has 0 aromatic heterocycles. The van der Waals surface area contributed by atoms with Gasteiger partial charge >= 0.3 is 12.0 Å². The lowest BCUT2D eigenvalue weighted by molar-refractivity contribution is -0.138. The molecule has 0 aliphatic rings. The largest absolute Gasteiger partial charge is 0.481 e. The number of anilines is 1. The van der Waals surface area contributed by atoms with Gasteiger partial charge in [0, 0.05) is 28.6 Å². The van der Waals surface area contributed by atoms with Crippen molar-refractivity contribution in [3.63, 3.8) is 0 Å². The van der Waals surface area contributed by atoms with E-state index in [9.17, 15) is 14.7 Å². The van der Waals surface area contributed by atoms with Crippen molar-refractivity contribution in [3.8, 4) is 0 Å². The van der Waals surface area contributed by atoms with E-state index in [-0.39, 0.29) is 6.03 Å². The molecule has 0 aliphatic heterocycles. The summed E-state index contributed by atoms with van der Waals surface area (Å²) < 4.78 is 0. The lowest BCUT2D eigenvalue weighted by Crippen LogP contribution is -2.40. The molecule has 0 fully saturated rings. The van der Waals surface area contributed by atoms with Crippen LogP contribution < -0.4 is 10.2 Å². The summed E-state index contributed by atoms with van der Waals surface area (Å²) in [6.07, 6.45) is 6.21. The average Bonchev–Trinajstić information content (AvgIpc) is 2.91. The van der Waals surface area contributed by atoms with Crippen molar-refractivity contribution in [2.75, 3.05) is 11.4 Å². The molecule has 1 atom stereocenters. The fourth-order valence-electron chi connectivity index (χ4n) is 4.26. The third-order valence-electron chi connectivity index (χ3n) is 6.37. The zero-order chi connectivity index (χ0) is 26.5. The van der Waals surface area contributed by atoms with Gasteiger partial charge in [-0.2, -0.15) is 0 Å². The predicted octanol–water partition coefficient (Wildman–Crippen LogP) is 8.10. The molecule has 0 bridgehead atoms. The summed E-state index contributed by atoms with van der Waals surface area (Å²) in [5.74, 6) is -1.28. The van der Waals surface area contributed by atoms with Crippen molar-refractivity contribution in [1.29, 1.82) is 0 Å². The van der Waals surface area contributed by atoms with Gasteiger partial charge in [0.25, 0.3) is 0 Å². The van der Waals surface area contributed by atoms with E-state index in [4.69, 9.17) is 0 Å². The van der Waals surface area contributed by atoms with Gasteiger partial charge < -0.3 is 10.4 Å². The van der Waals surface area contributed by atoms with Gasteiger partial charge in [0.15, 0.2) is 0 Å². The second-order valence-electron chi connectivity index (χ2n) is 9.18. The van der Waals surface area contributed by atoms with E-state index >= 15 is 0 Å². The topological polar surface area (TPSA) is 69.6 Å². The first-order valence-corrected chi connectivity index (χ1v) is 14.0. The molecule has 3 rings (SSSR count). The summed E-state index contributed by atoms with van der Waals surface area (Å²) in [6.45, 7) is 5.25. The predicted molar refractivity (Wildman–Crippen MR) is 152 cm³/mol. The molecule has 0 saturated heterocycles. The minimum Gasteiger partial charge on any atom is -0.481 e. The van der Waals surface area contributed by atoms with Crippen LogP contribution in [-0.2, 0) is 11.3 Å². The van der Waals surface area contributed by atoms with Crippen molar-refractivity contribution >= 4 is 29.4 Å². The second-order valence-corrected chi connectivity index (χ2v) is 10.3. The normalized spacial score (nSPS) is 11.6. The lowest BCUT2D eigenvalue weighted by atomic mass is 9.97. The van der Waals surface area contributed by atoms with Gasteiger partial charge in [0.1, 0.15) is 0 Å².